The van der Waals surface area contributed by atoms with Gasteiger partial charge in [-0.1, -0.05) is 26.0 Å². The SMILES string of the molecule is CC1(C)c2cccc(O)c2CCC1CN. The highest BCUT2D eigenvalue weighted by Crippen LogP contribution is 2.43. The van der Waals surface area contributed by atoms with Gasteiger partial charge in [0.2, 0.25) is 0 Å². The largest absolute Gasteiger partial charge is 0.508 e. The monoisotopic (exact) mass is 205 g/mol. The first-order valence-electron chi connectivity index (χ1n) is 5.58. The molecule has 0 saturated heterocycles. The van der Waals surface area contributed by atoms with Gasteiger partial charge in [-0.15, -0.1) is 0 Å². The van der Waals surface area contributed by atoms with Gasteiger partial charge in [0.25, 0.3) is 0 Å². The van der Waals surface area contributed by atoms with Crippen LogP contribution in [0.5, 0.6) is 5.75 Å². The predicted octanol–water partition coefficient (Wildman–Crippen LogP) is 2.19. The van der Waals surface area contributed by atoms with Crippen LogP contribution >= 0.6 is 0 Å². The first kappa shape index (κ1) is 10.5. The number of phenols is 1. The lowest BCUT2D eigenvalue weighted by molar-refractivity contribution is 0.281. The van der Waals surface area contributed by atoms with Crippen LogP contribution in [0.15, 0.2) is 18.2 Å². The molecule has 2 heteroatoms. The summed E-state index contributed by atoms with van der Waals surface area (Å²) in [7, 11) is 0. The van der Waals surface area contributed by atoms with Crippen LogP contribution in [0, 0.1) is 5.92 Å². The van der Waals surface area contributed by atoms with E-state index in [-0.39, 0.29) is 5.41 Å². The fourth-order valence-corrected chi connectivity index (χ4v) is 2.75. The van der Waals surface area contributed by atoms with E-state index in [4.69, 9.17) is 5.73 Å². The first-order valence-corrected chi connectivity index (χ1v) is 5.58. The van der Waals surface area contributed by atoms with Crippen molar-refractivity contribution >= 4 is 0 Å². The molecule has 2 rings (SSSR count). The van der Waals surface area contributed by atoms with Gasteiger partial charge in [0.05, 0.1) is 0 Å². The van der Waals surface area contributed by atoms with Gasteiger partial charge in [-0.05, 0) is 47.9 Å². The summed E-state index contributed by atoms with van der Waals surface area (Å²) < 4.78 is 0. The quantitative estimate of drug-likeness (QED) is 0.738. The number of rotatable bonds is 1. The van der Waals surface area contributed by atoms with Gasteiger partial charge in [0.15, 0.2) is 0 Å². The van der Waals surface area contributed by atoms with Crippen LogP contribution in [0.25, 0.3) is 0 Å². The third-order valence-electron chi connectivity index (χ3n) is 3.89. The van der Waals surface area contributed by atoms with Crippen molar-refractivity contribution in [2.45, 2.75) is 32.1 Å². The zero-order valence-electron chi connectivity index (χ0n) is 9.46. The topological polar surface area (TPSA) is 46.2 Å². The van der Waals surface area contributed by atoms with Crippen molar-refractivity contribution in [3.05, 3.63) is 29.3 Å². The molecule has 82 valence electrons. The minimum absolute atomic E-state index is 0.0844. The van der Waals surface area contributed by atoms with Crippen molar-refractivity contribution in [3.63, 3.8) is 0 Å². The Labute approximate surface area is 91.1 Å². The lowest BCUT2D eigenvalue weighted by atomic mass is 9.65. The fourth-order valence-electron chi connectivity index (χ4n) is 2.75. The Morgan fingerprint density at radius 2 is 2.20 bits per heavy atom. The third-order valence-corrected chi connectivity index (χ3v) is 3.89. The number of aromatic hydroxyl groups is 1. The number of benzene rings is 1. The van der Waals surface area contributed by atoms with Crippen molar-refractivity contribution in [1.82, 2.24) is 0 Å². The summed E-state index contributed by atoms with van der Waals surface area (Å²) in [5.74, 6) is 0.961. The Balaban J connectivity index is 2.52. The fraction of sp³-hybridized carbons (Fsp3) is 0.538. The summed E-state index contributed by atoms with van der Waals surface area (Å²) >= 11 is 0. The molecule has 0 amide bonds. The molecule has 0 aliphatic heterocycles. The molecule has 0 radical (unpaired) electrons. The van der Waals surface area contributed by atoms with Gasteiger partial charge in [-0.3, -0.25) is 0 Å². The van der Waals surface area contributed by atoms with Crippen molar-refractivity contribution in [2.75, 3.05) is 6.54 Å². The molecule has 1 unspecified atom stereocenters. The van der Waals surface area contributed by atoms with Gasteiger partial charge in [-0.2, -0.15) is 0 Å². The highest BCUT2D eigenvalue weighted by atomic mass is 16.3. The molecule has 2 nitrogen and oxygen atoms in total. The van der Waals surface area contributed by atoms with Crippen LogP contribution in [0.4, 0.5) is 0 Å². The summed E-state index contributed by atoms with van der Waals surface area (Å²) in [5, 5.41) is 9.82. The Morgan fingerprint density at radius 3 is 2.87 bits per heavy atom. The number of hydrogen-bond donors (Lipinski definition) is 2. The molecular formula is C13H19NO. The highest BCUT2D eigenvalue weighted by molar-refractivity contribution is 5.45. The predicted molar refractivity (Wildman–Crippen MR) is 62.0 cm³/mol. The first-order chi connectivity index (χ1) is 7.07. The summed E-state index contributed by atoms with van der Waals surface area (Å²) in [4.78, 5) is 0. The van der Waals surface area contributed by atoms with E-state index in [9.17, 15) is 5.11 Å². The Morgan fingerprint density at radius 1 is 1.47 bits per heavy atom. The molecule has 0 bridgehead atoms. The van der Waals surface area contributed by atoms with Gasteiger partial charge < -0.3 is 10.8 Å². The van der Waals surface area contributed by atoms with Crippen LogP contribution in [0.3, 0.4) is 0 Å². The van der Waals surface area contributed by atoms with E-state index in [1.807, 2.05) is 6.07 Å². The van der Waals surface area contributed by atoms with Crippen LogP contribution in [-0.2, 0) is 11.8 Å². The molecule has 0 fully saturated rings. The van der Waals surface area contributed by atoms with Crippen molar-refractivity contribution in [1.29, 1.82) is 0 Å². The molecule has 0 spiro atoms. The Bertz CT molecular complexity index is 371. The second kappa shape index (κ2) is 3.53. The average molecular weight is 205 g/mol. The minimum atomic E-state index is 0.0844. The molecule has 1 aromatic rings. The van der Waals surface area contributed by atoms with E-state index < -0.39 is 0 Å². The van der Waals surface area contributed by atoms with E-state index in [0.29, 0.717) is 11.7 Å². The maximum atomic E-state index is 9.82. The zero-order chi connectivity index (χ0) is 11.1. The van der Waals surface area contributed by atoms with Gasteiger partial charge >= 0.3 is 0 Å². The lowest BCUT2D eigenvalue weighted by Crippen LogP contribution is -2.38. The summed E-state index contributed by atoms with van der Waals surface area (Å²) in [6.45, 7) is 5.17. The molecule has 0 aromatic heterocycles. The number of nitrogens with two attached hydrogens (primary N) is 1. The summed E-state index contributed by atoms with van der Waals surface area (Å²) in [5.41, 5.74) is 8.28. The van der Waals surface area contributed by atoms with E-state index >= 15 is 0 Å². The minimum Gasteiger partial charge on any atom is -0.508 e. The molecule has 1 atom stereocenters. The summed E-state index contributed by atoms with van der Waals surface area (Å²) in [6.07, 6.45) is 2.03. The van der Waals surface area contributed by atoms with Gasteiger partial charge in [0.1, 0.15) is 5.75 Å². The standard InChI is InChI=1S/C13H19NO/c1-13(2)9(8-14)6-7-10-11(13)4-3-5-12(10)15/h3-5,9,15H,6-8,14H2,1-2H3. The van der Waals surface area contributed by atoms with Crippen LogP contribution in [0.1, 0.15) is 31.4 Å². The molecular weight excluding hydrogens is 186 g/mol. The molecule has 15 heavy (non-hydrogen) atoms. The van der Waals surface area contributed by atoms with Crippen LogP contribution in [0.2, 0.25) is 0 Å². The van der Waals surface area contributed by atoms with Crippen molar-refractivity contribution in [2.24, 2.45) is 11.7 Å². The molecule has 3 N–H and O–H groups in total. The van der Waals surface area contributed by atoms with Crippen LogP contribution < -0.4 is 5.73 Å². The van der Waals surface area contributed by atoms with Crippen molar-refractivity contribution in [3.8, 4) is 5.75 Å². The maximum absolute atomic E-state index is 9.82. The van der Waals surface area contributed by atoms with E-state index in [1.54, 1.807) is 6.07 Å². The highest BCUT2D eigenvalue weighted by Gasteiger charge is 2.36. The molecule has 1 aliphatic carbocycles. The Hall–Kier alpha value is -1.02. The summed E-state index contributed by atoms with van der Waals surface area (Å²) in [6, 6.07) is 5.82. The van der Waals surface area contributed by atoms with Crippen LogP contribution in [-0.4, -0.2) is 11.7 Å². The number of fused-ring (bicyclic) bond motifs is 1. The Kier molecular flexibility index (Phi) is 2.47. The second-order valence-corrected chi connectivity index (χ2v) is 5.00. The second-order valence-electron chi connectivity index (χ2n) is 5.00. The number of phenolic OH excluding ortho intramolecular Hbond substituents is 1. The molecule has 1 aliphatic rings. The average Bonchev–Trinajstić information content (AvgIpc) is 2.19. The number of hydrogen-bond acceptors (Lipinski definition) is 2. The van der Waals surface area contributed by atoms with E-state index in [1.165, 1.54) is 5.56 Å². The maximum Gasteiger partial charge on any atom is 0.119 e. The molecule has 0 saturated carbocycles. The van der Waals surface area contributed by atoms with E-state index in [2.05, 4.69) is 19.9 Å². The molecule has 0 heterocycles. The zero-order valence-corrected chi connectivity index (χ0v) is 9.46. The smallest absolute Gasteiger partial charge is 0.119 e. The van der Waals surface area contributed by atoms with Gasteiger partial charge in [-0.25, -0.2) is 0 Å². The third kappa shape index (κ3) is 1.53. The van der Waals surface area contributed by atoms with Crippen molar-refractivity contribution < 1.29 is 5.11 Å². The van der Waals surface area contributed by atoms with E-state index in [0.717, 1.165) is 24.9 Å². The lowest BCUT2D eigenvalue weighted by Gasteiger charge is -2.40. The molecule has 1 aromatic carbocycles. The van der Waals surface area contributed by atoms with Gasteiger partial charge in [0, 0.05) is 0 Å². The normalized spacial score (nSPS) is 23.5.